The van der Waals surface area contributed by atoms with Gasteiger partial charge in [-0.3, -0.25) is 9.59 Å². The number of ether oxygens (including phenoxy) is 3. The van der Waals surface area contributed by atoms with E-state index < -0.39 is 17.9 Å². The summed E-state index contributed by atoms with van der Waals surface area (Å²) in [7, 11) is 3.15. The van der Waals surface area contributed by atoms with Crippen molar-refractivity contribution in [2.75, 3.05) is 14.2 Å². The van der Waals surface area contributed by atoms with Gasteiger partial charge in [0.2, 0.25) is 5.82 Å². The lowest BCUT2D eigenvalue weighted by Crippen LogP contribution is -2.38. The van der Waals surface area contributed by atoms with Crippen molar-refractivity contribution >= 4 is 22.9 Å². The number of aromatic amines is 1. The van der Waals surface area contributed by atoms with Gasteiger partial charge in [0, 0.05) is 22.7 Å². The van der Waals surface area contributed by atoms with Gasteiger partial charge >= 0.3 is 5.97 Å². The molecule has 13 nitrogen and oxygen atoms in total. The zero-order valence-corrected chi connectivity index (χ0v) is 29.1. The maximum Gasteiger partial charge on any atom is 0.325 e. The van der Waals surface area contributed by atoms with Crippen LogP contribution in [0.4, 0.5) is 0 Å². The number of benzene rings is 4. The molecule has 266 valence electrons. The van der Waals surface area contributed by atoms with E-state index in [0.29, 0.717) is 34.7 Å². The minimum Gasteiger partial charge on any atom is -0.493 e. The Hall–Kier alpha value is -6.24. The summed E-state index contributed by atoms with van der Waals surface area (Å²) < 4.78 is 19.7. The lowest BCUT2D eigenvalue weighted by atomic mass is 9.94. The zero-order chi connectivity index (χ0) is 36.2. The van der Waals surface area contributed by atoms with Crippen LogP contribution < -0.4 is 19.5 Å². The molecule has 1 atom stereocenters. The molecule has 0 saturated heterocycles. The molecule has 1 aliphatic rings. The summed E-state index contributed by atoms with van der Waals surface area (Å²) >= 11 is 0. The molecule has 1 unspecified atom stereocenters. The Morgan fingerprint density at radius 3 is 2.37 bits per heavy atom. The van der Waals surface area contributed by atoms with Crippen LogP contribution in [0.3, 0.4) is 0 Å². The lowest BCUT2D eigenvalue weighted by Gasteiger charge is -2.25. The van der Waals surface area contributed by atoms with Crippen molar-refractivity contribution in [1.29, 1.82) is 0 Å². The largest absolute Gasteiger partial charge is 0.493 e. The summed E-state index contributed by atoms with van der Waals surface area (Å²) in [6.07, 6.45) is 5.81. The van der Waals surface area contributed by atoms with Crippen LogP contribution in [0.15, 0.2) is 78.9 Å². The fraction of sp³-hybridized carbons (Fsp3) is 0.282. The van der Waals surface area contributed by atoms with Crippen LogP contribution in [0.2, 0.25) is 0 Å². The monoisotopic (exact) mass is 701 g/mol. The van der Waals surface area contributed by atoms with Crippen molar-refractivity contribution < 1.29 is 28.9 Å². The molecule has 0 spiro atoms. The quantitative estimate of drug-likeness (QED) is 0.123. The smallest absolute Gasteiger partial charge is 0.325 e. The summed E-state index contributed by atoms with van der Waals surface area (Å²) in [5.41, 5.74) is 6.44. The number of imidazole rings is 1. The van der Waals surface area contributed by atoms with Crippen molar-refractivity contribution in [3.8, 4) is 51.2 Å². The molecule has 1 fully saturated rings. The predicted octanol–water partition coefficient (Wildman–Crippen LogP) is 6.85. The number of carbonyl (C=O) groups excluding carboxylic acids is 1. The minimum absolute atomic E-state index is 0.137. The number of hydrogen-bond acceptors (Lipinski definition) is 9. The topological polar surface area (TPSA) is 166 Å². The summed E-state index contributed by atoms with van der Waals surface area (Å²) in [6, 6.07) is 24.1. The van der Waals surface area contributed by atoms with E-state index in [4.69, 9.17) is 19.2 Å². The van der Waals surface area contributed by atoms with Gasteiger partial charge in [-0.05, 0) is 108 Å². The first-order valence-corrected chi connectivity index (χ1v) is 17.2. The fourth-order valence-corrected chi connectivity index (χ4v) is 6.78. The summed E-state index contributed by atoms with van der Waals surface area (Å²) in [5.74, 6) is 1.58. The number of carboxylic acid groups (broad SMARTS) is 1. The fourth-order valence-electron chi connectivity index (χ4n) is 6.78. The first kappa shape index (κ1) is 34.2. The summed E-state index contributed by atoms with van der Waals surface area (Å²) in [5, 5.41) is 26.3. The number of aliphatic carboxylic acids is 1. The molecule has 2 heterocycles. The Morgan fingerprint density at radius 2 is 1.65 bits per heavy atom. The number of nitrogens with one attached hydrogen (secondary N) is 2. The van der Waals surface area contributed by atoms with Crippen molar-refractivity contribution in [3.63, 3.8) is 0 Å². The summed E-state index contributed by atoms with van der Waals surface area (Å²) in [4.78, 5) is 29.5. The summed E-state index contributed by atoms with van der Waals surface area (Å²) in [6.45, 7) is 1.56. The third-order valence-corrected chi connectivity index (χ3v) is 9.52. The third kappa shape index (κ3) is 7.02. The van der Waals surface area contributed by atoms with E-state index in [2.05, 4.69) is 36.6 Å². The minimum atomic E-state index is -1.12. The maximum atomic E-state index is 13.0. The van der Waals surface area contributed by atoms with E-state index in [1.807, 2.05) is 60.7 Å². The molecule has 1 aliphatic carbocycles. The van der Waals surface area contributed by atoms with E-state index in [1.54, 1.807) is 26.4 Å². The number of fused-ring (bicyclic) bond motifs is 1. The normalized spacial score (nSPS) is 13.8. The molecule has 6 aromatic rings. The highest BCUT2D eigenvalue weighted by molar-refractivity contribution is 5.97. The van der Waals surface area contributed by atoms with Crippen LogP contribution in [0, 0.1) is 0 Å². The maximum absolute atomic E-state index is 13.0. The van der Waals surface area contributed by atoms with Gasteiger partial charge in [0.05, 0.1) is 25.3 Å². The van der Waals surface area contributed by atoms with Crippen molar-refractivity contribution in [3.05, 3.63) is 90.0 Å². The van der Waals surface area contributed by atoms with Crippen LogP contribution in [-0.4, -0.2) is 67.4 Å². The average Bonchev–Trinajstić information content (AvgIpc) is 3.86. The Kier molecular flexibility index (Phi) is 9.83. The molecular formula is C39H39N7O6. The van der Waals surface area contributed by atoms with Gasteiger partial charge in [0.15, 0.2) is 11.5 Å². The van der Waals surface area contributed by atoms with E-state index in [9.17, 15) is 14.7 Å². The Labute approximate surface area is 299 Å². The second kappa shape index (κ2) is 14.9. The second-order valence-corrected chi connectivity index (χ2v) is 12.8. The van der Waals surface area contributed by atoms with Crippen LogP contribution in [0.1, 0.15) is 61.0 Å². The first-order valence-electron chi connectivity index (χ1n) is 17.2. The molecule has 52 heavy (non-hydrogen) atoms. The Morgan fingerprint density at radius 1 is 0.904 bits per heavy atom. The van der Waals surface area contributed by atoms with Gasteiger partial charge in [0.25, 0.3) is 5.91 Å². The van der Waals surface area contributed by atoms with E-state index in [0.717, 1.165) is 57.5 Å². The number of carbonyl (C=O) groups is 2. The second-order valence-electron chi connectivity index (χ2n) is 12.8. The van der Waals surface area contributed by atoms with Crippen LogP contribution >= 0.6 is 0 Å². The molecule has 0 radical (unpaired) electrons. The molecule has 0 aliphatic heterocycles. The number of aromatic nitrogens is 6. The standard InChI is InChI=1S/C39H39N7O6/c1-23(39(48)49)40-38(47)27-11-16-31(25-13-18-34(50-2)35(21-25)51-3)28(19-27)22-52-30-14-9-24(10-15-30)37-41-32-20-26(36-42-44-45-43-36)12-17-33(32)46(37)29-7-5-4-6-8-29/h9-21,23,29H,4-8,22H2,1-3H3,(H,40,47)(H,48,49)(H,42,43,44,45). The third-order valence-electron chi connectivity index (χ3n) is 9.52. The molecule has 7 rings (SSSR count). The van der Waals surface area contributed by atoms with Gasteiger partial charge in [-0.15, -0.1) is 10.2 Å². The van der Waals surface area contributed by atoms with Crippen LogP contribution in [0.25, 0.3) is 44.9 Å². The lowest BCUT2D eigenvalue weighted by molar-refractivity contribution is -0.138. The van der Waals surface area contributed by atoms with Crippen LogP contribution in [0.5, 0.6) is 17.2 Å². The van der Waals surface area contributed by atoms with Crippen molar-refractivity contribution in [2.24, 2.45) is 0 Å². The molecule has 1 saturated carbocycles. The van der Waals surface area contributed by atoms with Crippen molar-refractivity contribution in [2.45, 2.75) is 57.7 Å². The van der Waals surface area contributed by atoms with Gasteiger partial charge in [-0.1, -0.05) is 31.4 Å². The molecule has 3 N–H and O–H groups in total. The number of H-pyrrole nitrogens is 1. The highest BCUT2D eigenvalue weighted by atomic mass is 16.5. The SMILES string of the molecule is COc1ccc(-c2ccc(C(=O)NC(C)C(=O)O)cc2COc2ccc(-c3nc4cc(-c5nn[nH]n5)ccc4n3C3CCCCC3)cc2)cc1OC. The number of nitrogens with zero attached hydrogens (tertiary/aromatic N) is 5. The number of tetrazole rings is 1. The molecule has 2 aromatic heterocycles. The van der Waals surface area contributed by atoms with Crippen molar-refractivity contribution in [1.82, 2.24) is 35.5 Å². The van der Waals surface area contributed by atoms with Gasteiger partial charge in [0.1, 0.15) is 24.2 Å². The number of methoxy groups -OCH3 is 2. The van der Waals surface area contributed by atoms with E-state index in [-0.39, 0.29) is 6.61 Å². The molecule has 13 heteroatoms. The highest BCUT2D eigenvalue weighted by Gasteiger charge is 2.23. The Balaban J connectivity index is 1.19. The van der Waals surface area contributed by atoms with E-state index in [1.165, 1.54) is 26.2 Å². The molecular weight excluding hydrogens is 662 g/mol. The molecule has 4 aromatic carbocycles. The zero-order valence-electron chi connectivity index (χ0n) is 29.1. The average molecular weight is 702 g/mol. The van der Waals surface area contributed by atoms with Gasteiger partial charge in [-0.2, -0.15) is 5.21 Å². The Bertz CT molecular complexity index is 2210. The molecule has 0 bridgehead atoms. The molecule has 1 amide bonds. The van der Waals surface area contributed by atoms with E-state index >= 15 is 0 Å². The van der Waals surface area contributed by atoms with Gasteiger partial charge in [-0.25, -0.2) is 4.98 Å². The number of rotatable bonds is 12. The van der Waals surface area contributed by atoms with Crippen LogP contribution in [-0.2, 0) is 11.4 Å². The van der Waals surface area contributed by atoms with Gasteiger partial charge < -0.3 is 29.2 Å². The predicted molar refractivity (Wildman–Crippen MR) is 194 cm³/mol. The highest BCUT2D eigenvalue weighted by Crippen LogP contribution is 2.38. The number of amides is 1. The number of carboxylic acids is 1. The number of hydrogen-bond donors (Lipinski definition) is 3. The first-order chi connectivity index (χ1) is 25.3.